The quantitative estimate of drug-likeness (QED) is 0.399. The van der Waals surface area contributed by atoms with Crippen molar-refractivity contribution in [2.24, 2.45) is 0 Å². The van der Waals surface area contributed by atoms with Crippen LogP contribution in [0.3, 0.4) is 0 Å². The summed E-state index contributed by atoms with van der Waals surface area (Å²) in [7, 11) is 0. The molecule has 0 aliphatic carbocycles. The first-order valence-electron chi connectivity index (χ1n) is 8.01. The lowest BCUT2D eigenvalue weighted by Gasteiger charge is -2.19. The molecule has 0 fully saturated rings. The molecule has 0 saturated heterocycles. The van der Waals surface area contributed by atoms with Gasteiger partial charge in [0, 0.05) is 11.4 Å². The van der Waals surface area contributed by atoms with Crippen molar-refractivity contribution < 1.29 is 26.3 Å². The van der Waals surface area contributed by atoms with Crippen LogP contribution in [0.15, 0.2) is 60.7 Å². The number of nitrogen functional groups attached to an aromatic ring is 2. The summed E-state index contributed by atoms with van der Waals surface area (Å²) in [6, 6.07) is 12.0. The highest BCUT2D eigenvalue weighted by Crippen LogP contribution is 2.44. The van der Waals surface area contributed by atoms with E-state index in [1.807, 2.05) is 0 Å². The maximum absolute atomic E-state index is 13.7. The van der Waals surface area contributed by atoms with Gasteiger partial charge in [0.2, 0.25) is 0 Å². The number of alkyl halides is 6. The Balaban J connectivity index is 2.24. The van der Waals surface area contributed by atoms with Crippen LogP contribution in [0.25, 0.3) is 22.3 Å². The molecule has 0 bridgehead atoms. The summed E-state index contributed by atoms with van der Waals surface area (Å²) in [6.07, 6.45) is -9.72. The van der Waals surface area contributed by atoms with Gasteiger partial charge in [-0.3, -0.25) is 0 Å². The SMILES string of the molecule is Nc1ccc(-c2ccc(-c3ccc(N)cc3C(F)(F)F)c(C(F)(F)F)c2)cc1. The van der Waals surface area contributed by atoms with E-state index in [0.29, 0.717) is 17.3 Å². The highest BCUT2D eigenvalue weighted by atomic mass is 19.4. The largest absolute Gasteiger partial charge is 0.417 e. The van der Waals surface area contributed by atoms with Crippen molar-refractivity contribution in [1.82, 2.24) is 0 Å². The molecule has 3 rings (SSSR count). The van der Waals surface area contributed by atoms with Gasteiger partial charge in [-0.1, -0.05) is 30.3 Å². The van der Waals surface area contributed by atoms with E-state index in [2.05, 4.69) is 0 Å². The van der Waals surface area contributed by atoms with Crippen LogP contribution in [0.4, 0.5) is 37.7 Å². The van der Waals surface area contributed by atoms with Gasteiger partial charge in [0.15, 0.2) is 0 Å². The molecule has 0 spiro atoms. The second kappa shape index (κ2) is 6.78. The van der Waals surface area contributed by atoms with Crippen molar-refractivity contribution in [2.75, 3.05) is 11.5 Å². The molecule has 2 nitrogen and oxygen atoms in total. The molecular weight excluding hydrogens is 382 g/mol. The second-order valence-electron chi connectivity index (χ2n) is 6.18. The number of anilines is 2. The highest BCUT2D eigenvalue weighted by Gasteiger charge is 2.38. The number of nitrogens with two attached hydrogens (primary N) is 2. The maximum Gasteiger partial charge on any atom is 0.417 e. The van der Waals surface area contributed by atoms with Gasteiger partial charge < -0.3 is 11.5 Å². The van der Waals surface area contributed by atoms with E-state index in [-0.39, 0.29) is 11.3 Å². The third kappa shape index (κ3) is 3.90. The van der Waals surface area contributed by atoms with Gasteiger partial charge in [0.25, 0.3) is 0 Å². The summed E-state index contributed by atoms with van der Waals surface area (Å²) in [4.78, 5) is 0. The number of hydrogen-bond donors (Lipinski definition) is 2. The minimum absolute atomic E-state index is 0.192. The zero-order chi connectivity index (χ0) is 20.7. The molecule has 3 aromatic carbocycles. The minimum Gasteiger partial charge on any atom is -0.399 e. The smallest absolute Gasteiger partial charge is 0.399 e. The summed E-state index contributed by atoms with van der Waals surface area (Å²) < 4.78 is 81.2. The van der Waals surface area contributed by atoms with Gasteiger partial charge >= 0.3 is 12.4 Å². The average molecular weight is 396 g/mol. The minimum atomic E-state index is -4.86. The number of benzene rings is 3. The molecule has 28 heavy (non-hydrogen) atoms. The van der Waals surface area contributed by atoms with Crippen LogP contribution in [-0.2, 0) is 12.4 Å². The third-order valence-electron chi connectivity index (χ3n) is 4.21. The number of rotatable bonds is 2. The third-order valence-corrected chi connectivity index (χ3v) is 4.21. The van der Waals surface area contributed by atoms with E-state index in [1.54, 1.807) is 0 Å². The summed E-state index contributed by atoms with van der Waals surface area (Å²) in [5.41, 5.74) is 8.35. The van der Waals surface area contributed by atoms with E-state index >= 15 is 0 Å². The van der Waals surface area contributed by atoms with Gasteiger partial charge in [-0.25, -0.2) is 0 Å². The Hall–Kier alpha value is -3.16. The number of hydrogen-bond acceptors (Lipinski definition) is 2. The van der Waals surface area contributed by atoms with Crippen molar-refractivity contribution in [3.8, 4) is 22.3 Å². The molecule has 0 amide bonds. The second-order valence-corrected chi connectivity index (χ2v) is 6.18. The molecule has 3 aromatic rings. The van der Waals surface area contributed by atoms with Gasteiger partial charge in [-0.15, -0.1) is 0 Å². The van der Waals surface area contributed by atoms with Crippen molar-refractivity contribution >= 4 is 11.4 Å². The lowest BCUT2D eigenvalue weighted by Crippen LogP contribution is -2.12. The van der Waals surface area contributed by atoms with Crippen LogP contribution in [0.2, 0.25) is 0 Å². The monoisotopic (exact) mass is 396 g/mol. The van der Waals surface area contributed by atoms with Crippen molar-refractivity contribution in [2.45, 2.75) is 12.4 Å². The van der Waals surface area contributed by atoms with Gasteiger partial charge in [0.05, 0.1) is 11.1 Å². The molecule has 4 N–H and O–H groups in total. The topological polar surface area (TPSA) is 52.0 Å². The molecule has 146 valence electrons. The van der Waals surface area contributed by atoms with Crippen molar-refractivity contribution in [3.63, 3.8) is 0 Å². The number of halogens is 6. The van der Waals surface area contributed by atoms with Crippen LogP contribution in [0.1, 0.15) is 11.1 Å². The molecule has 0 aliphatic heterocycles. The van der Waals surface area contributed by atoms with E-state index < -0.39 is 34.6 Å². The van der Waals surface area contributed by atoms with Crippen LogP contribution < -0.4 is 11.5 Å². The Morgan fingerprint density at radius 2 is 0.929 bits per heavy atom. The fourth-order valence-electron chi connectivity index (χ4n) is 2.90. The molecule has 0 radical (unpaired) electrons. The standard InChI is InChI=1S/C20H14F6N2/c21-19(22,23)17-9-12(11-1-4-13(27)5-2-11)3-7-15(17)16-8-6-14(28)10-18(16)20(24,25)26/h1-10H,27-28H2. The fraction of sp³-hybridized carbons (Fsp3) is 0.100. The highest BCUT2D eigenvalue weighted by molar-refractivity contribution is 5.78. The lowest BCUT2D eigenvalue weighted by atomic mass is 9.91. The molecule has 8 heteroatoms. The lowest BCUT2D eigenvalue weighted by molar-refractivity contribution is -0.139. The van der Waals surface area contributed by atoms with E-state index in [0.717, 1.165) is 24.3 Å². The molecule has 0 unspecified atom stereocenters. The fourth-order valence-corrected chi connectivity index (χ4v) is 2.90. The van der Waals surface area contributed by atoms with Crippen LogP contribution in [0.5, 0.6) is 0 Å². The van der Waals surface area contributed by atoms with Crippen LogP contribution >= 0.6 is 0 Å². The van der Waals surface area contributed by atoms with Crippen molar-refractivity contribution in [1.29, 1.82) is 0 Å². The average Bonchev–Trinajstić information content (AvgIpc) is 2.60. The molecule has 0 atom stereocenters. The van der Waals surface area contributed by atoms with Crippen LogP contribution in [0, 0.1) is 0 Å². The molecule has 0 heterocycles. The van der Waals surface area contributed by atoms with Gasteiger partial charge in [-0.2, -0.15) is 26.3 Å². The normalized spacial score (nSPS) is 12.2. The Morgan fingerprint density at radius 1 is 0.500 bits per heavy atom. The van der Waals surface area contributed by atoms with Gasteiger partial charge in [0.1, 0.15) is 0 Å². The first-order valence-corrected chi connectivity index (χ1v) is 8.01. The first kappa shape index (κ1) is 19.6. The zero-order valence-electron chi connectivity index (χ0n) is 14.2. The summed E-state index contributed by atoms with van der Waals surface area (Å²) >= 11 is 0. The predicted molar refractivity (Wildman–Crippen MR) is 96.1 cm³/mol. The Kier molecular flexibility index (Phi) is 4.74. The summed E-state index contributed by atoms with van der Waals surface area (Å²) in [6.45, 7) is 0. The molecule has 0 saturated carbocycles. The summed E-state index contributed by atoms with van der Waals surface area (Å²) in [5, 5.41) is 0. The van der Waals surface area contributed by atoms with Gasteiger partial charge in [-0.05, 0) is 52.6 Å². The Morgan fingerprint density at radius 3 is 1.46 bits per heavy atom. The molecule has 0 aromatic heterocycles. The maximum atomic E-state index is 13.7. The molecule has 0 aliphatic rings. The molecular formula is C20H14F6N2. The van der Waals surface area contributed by atoms with E-state index in [4.69, 9.17) is 11.5 Å². The Labute approximate surface area is 156 Å². The van der Waals surface area contributed by atoms with Crippen molar-refractivity contribution in [3.05, 3.63) is 71.8 Å². The van der Waals surface area contributed by atoms with Crippen LogP contribution in [-0.4, -0.2) is 0 Å². The zero-order valence-corrected chi connectivity index (χ0v) is 14.2. The van der Waals surface area contributed by atoms with E-state index in [1.165, 1.54) is 30.3 Å². The van der Waals surface area contributed by atoms with E-state index in [9.17, 15) is 26.3 Å². The first-order chi connectivity index (χ1) is 13.0. The predicted octanol–water partition coefficient (Wildman–Crippen LogP) is 6.22. The summed E-state index contributed by atoms with van der Waals surface area (Å²) in [5.74, 6) is 0. The Bertz CT molecular complexity index is 1000.